The number of hydrogen-bond acceptors (Lipinski definition) is 3. The molecule has 1 aromatic carbocycles. The van der Waals surface area contributed by atoms with E-state index in [1.807, 2.05) is 0 Å². The Bertz CT molecular complexity index is 769. The van der Waals surface area contributed by atoms with Crippen molar-refractivity contribution in [2.75, 3.05) is 6.61 Å². The molecule has 2 rings (SSSR count). The summed E-state index contributed by atoms with van der Waals surface area (Å²) in [7, 11) is 0. The third kappa shape index (κ3) is 4.71. The van der Waals surface area contributed by atoms with E-state index < -0.39 is 41.1 Å². The van der Waals surface area contributed by atoms with Crippen molar-refractivity contribution < 1.29 is 35.9 Å². The van der Waals surface area contributed by atoms with Gasteiger partial charge in [0, 0.05) is 5.70 Å². The van der Waals surface area contributed by atoms with E-state index in [2.05, 4.69) is 10.6 Å². The Labute approximate surface area is 155 Å². The number of esters is 1. The highest BCUT2D eigenvalue weighted by Crippen LogP contribution is 2.39. The van der Waals surface area contributed by atoms with E-state index in [0.717, 1.165) is 0 Å². The Kier molecular flexibility index (Phi) is 5.74. The Balaban J connectivity index is 2.67. The van der Waals surface area contributed by atoms with Crippen LogP contribution in [-0.2, 0) is 21.9 Å². The topological polar surface area (TPSA) is 50.4 Å². The van der Waals surface area contributed by atoms with Gasteiger partial charge in [0.25, 0.3) is 0 Å². The number of carbonyl (C=O) groups is 1. The molecule has 4 nitrogen and oxygen atoms in total. The van der Waals surface area contributed by atoms with Gasteiger partial charge in [-0.3, -0.25) is 0 Å². The molecule has 148 valence electrons. The molecule has 0 saturated carbocycles. The Hall–Kier alpha value is -2.30. The van der Waals surface area contributed by atoms with Crippen molar-refractivity contribution >= 4 is 23.3 Å². The molecule has 1 aliphatic rings. The fourth-order valence-corrected chi connectivity index (χ4v) is 2.84. The molecule has 0 aliphatic carbocycles. The molecule has 11 heteroatoms. The van der Waals surface area contributed by atoms with E-state index in [1.54, 1.807) is 0 Å². The standard InChI is InChI=1S/C16H14F6N2O2S/c1-3-26-13(25)11-7(2)23-14(27)24-12(11)8-4-9(15(17,18)19)6-10(5-8)16(20,21)22/h4-6,12H,3H2,1-2H3,(H2,23,24,27). The molecule has 1 atom stereocenters. The number of halogens is 6. The molecule has 27 heavy (non-hydrogen) atoms. The van der Waals surface area contributed by atoms with Crippen molar-refractivity contribution in [1.82, 2.24) is 10.6 Å². The molecule has 0 saturated heterocycles. The van der Waals surface area contributed by atoms with Crippen molar-refractivity contribution in [3.63, 3.8) is 0 Å². The lowest BCUT2D eigenvalue weighted by atomic mass is 9.92. The van der Waals surface area contributed by atoms with Crippen molar-refractivity contribution in [2.24, 2.45) is 0 Å². The normalized spacial score (nSPS) is 18.1. The van der Waals surface area contributed by atoms with Crippen molar-refractivity contribution in [3.8, 4) is 0 Å². The fraction of sp³-hybridized carbons (Fsp3) is 0.375. The number of hydrogen-bond donors (Lipinski definition) is 2. The number of rotatable bonds is 3. The van der Waals surface area contributed by atoms with Crippen LogP contribution in [0.4, 0.5) is 26.3 Å². The Morgan fingerprint density at radius 2 is 1.63 bits per heavy atom. The molecule has 0 amide bonds. The molecule has 2 N–H and O–H groups in total. The number of allylic oxidation sites excluding steroid dienone is 1. The van der Waals surface area contributed by atoms with Gasteiger partial charge in [-0.05, 0) is 49.8 Å². The molecular formula is C16H14F6N2O2S. The predicted octanol–water partition coefficient (Wildman–Crippen LogP) is 4.08. The van der Waals surface area contributed by atoms with E-state index in [1.165, 1.54) is 13.8 Å². The van der Waals surface area contributed by atoms with Gasteiger partial charge in [-0.25, -0.2) is 4.79 Å². The molecule has 0 spiro atoms. The molecule has 1 unspecified atom stereocenters. The van der Waals surface area contributed by atoms with Crippen LogP contribution in [0.1, 0.15) is 36.6 Å². The minimum Gasteiger partial charge on any atom is -0.463 e. The summed E-state index contributed by atoms with van der Waals surface area (Å²) in [5.41, 5.74) is -3.37. The van der Waals surface area contributed by atoms with Crippen LogP contribution >= 0.6 is 12.2 Å². The summed E-state index contributed by atoms with van der Waals surface area (Å²) in [5, 5.41) is 5.10. The number of nitrogens with one attached hydrogen (secondary N) is 2. The second kappa shape index (κ2) is 7.37. The van der Waals surface area contributed by atoms with Crippen molar-refractivity contribution in [3.05, 3.63) is 46.2 Å². The second-order valence-corrected chi connectivity index (χ2v) is 6.04. The van der Waals surface area contributed by atoms with Crippen LogP contribution < -0.4 is 10.6 Å². The summed E-state index contributed by atoms with van der Waals surface area (Å²) in [4.78, 5) is 12.2. The molecule has 0 fully saturated rings. The third-order valence-corrected chi connectivity index (χ3v) is 3.93. The largest absolute Gasteiger partial charge is 0.463 e. The fourth-order valence-electron chi connectivity index (χ4n) is 2.57. The van der Waals surface area contributed by atoms with E-state index in [-0.39, 0.29) is 29.1 Å². The molecular weight excluding hydrogens is 398 g/mol. The molecule has 1 heterocycles. The van der Waals surface area contributed by atoms with Gasteiger partial charge in [0.05, 0.1) is 29.3 Å². The quantitative estimate of drug-likeness (QED) is 0.445. The first-order valence-electron chi connectivity index (χ1n) is 7.59. The van der Waals surface area contributed by atoms with Gasteiger partial charge in [0.1, 0.15) is 0 Å². The summed E-state index contributed by atoms with van der Waals surface area (Å²) in [6, 6.07) is -0.217. The smallest absolute Gasteiger partial charge is 0.416 e. The van der Waals surface area contributed by atoms with Crippen LogP contribution in [-0.4, -0.2) is 17.7 Å². The lowest BCUT2D eigenvalue weighted by molar-refractivity contribution is -0.143. The van der Waals surface area contributed by atoms with Crippen LogP contribution in [0.25, 0.3) is 0 Å². The summed E-state index contributed by atoms with van der Waals surface area (Å²) < 4.78 is 83.5. The molecule has 1 aromatic rings. The van der Waals surface area contributed by atoms with Gasteiger partial charge in [0.2, 0.25) is 0 Å². The predicted molar refractivity (Wildman–Crippen MR) is 87.4 cm³/mol. The van der Waals surface area contributed by atoms with Crippen molar-refractivity contribution in [2.45, 2.75) is 32.2 Å². The second-order valence-electron chi connectivity index (χ2n) is 5.63. The van der Waals surface area contributed by atoms with Crippen LogP contribution in [0, 0.1) is 0 Å². The average Bonchev–Trinajstić information content (AvgIpc) is 2.52. The third-order valence-electron chi connectivity index (χ3n) is 3.71. The number of carbonyl (C=O) groups excluding carboxylic acids is 1. The van der Waals surface area contributed by atoms with Gasteiger partial charge in [-0.2, -0.15) is 26.3 Å². The van der Waals surface area contributed by atoms with E-state index >= 15 is 0 Å². The van der Waals surface area contributed by atoms with Crippen LogP contribution in [0.2, 0.25) is 0 Å². The van der Waals surface area contributed by atoms with Crippen LogP contribution in [0.5, 0.6) is 0 Å². The highest BCUT2D eigenvalue weighted by atomic mass is 32.1. The van der Waals surface area contributed by atoms with Gasteiger partial charge >= 0.3 is 18.3 Å². The van der Waals surface area contributed by atoms with Crippen LogP contribution in [0.15, 0.2) is 29.5 Å². The Morgan fingerprint density at radius 3 is 2.07 bits per heavy atom. The molecule has 0 radical (unpaired) electrons. The maximum Gasteiger partial charge on any atom is 0.416 e. The van der Waals surface area contributed by atoms with E-state index in [0.29, 0.717) is 12.1 Å². The average molecular weight is 412 g/mol. The zero-order chi connectivity index (χ0) is 20.6. The summed E-state index contributed by atoms with van der Waals surface area (Å²) in [5.74, 6) is -0.881. The first kappa shape index (κ1) is 21.0. The lowest BCUT2D eigenvalue weighted by Gasteiger charge is -2.30. The maximum atomic E-state index is 13.1. The molecule has 0 aromatic heterocycles. The summed E-state index contributed by atoms with van der Waals surface area (Å²) in [6.45, 7) is 2.91. The van der Waals surface area contributed by atoms with E-state index in [4.69, 9.17) is 17.0 Å². The van der Waals surface area contributed by atoms with Gasteiger partial charge in [-0.1, -0.05) is 0 Å². The number of benzene rings is 1. The minimum absolute atomic E-state index is 0.0174. The first-order valence-corrected chi connectivity index (χ1v) is 8.00. The van der Waals surface area contributed by atoms with Gasteiger partial charge in [-0.15, -0.1) is 0 Å². The summed E-state index contributed by atoms with van der Waals surface area (Å²) >= 11 is 4.92. The number of alkyl halides is 6. The summed E-state index contributed by atoms with van der Waals surface area (Å²) in [6.07, 6.45) is -10.0. The van der Waals surface area contributed by atoms with Crippen LogP contribution in [0.3, 0.4) is 0 Å². The highest BCUT2D eigenvalue weighted by Gasteiger charge is 2.39. The maximum absolute atomic E-state index is 13.1. The SMILES string of the molecule is CCOC(=O)C1=C(C)NC(=S)NC1c1cc(C(F)(F)F)cc(C(F)(F)F)c1. The zero-order valence-corrected chi connectivity index (χ0v) is 14.8. The minimum atomic E-state index is -5.01. The Morgan fingerprint density at radius 1 is 1.11 bits per heavy atom. The van der Waals surface area contributed by atoms with Crippen molar-refractivity contribution in [1.29, 1.82) is 0 Å². The highest BCUT2D eigenvalue weighted by molar-refractivity contribution is 7.80. The van der Waals surface area contributed by atoms with Gasteiger partial charge < -0.3 is 15.4 Å². The lowest BCUT2D eigenvalue weighted by Crippen LogP contribution is -2.45. The number of ether oxygens (including phenoxy) is 1. The first-order chi connectivity index (χ1) is 12.3. The van der Waals surface area contributed by atoms with Gasteiger partial charge in [0.15, 0.2) is 5.11 Å². The van der Waals surface area contributed by atoms with E-state index in [9.17, 15) is 31.1 Å². The molecule has 1 aliphatic heterocycles. The monoisotopic (exact) mass is 412 g/mol. The number of thiocarbonyl (C=S) groups is 1. The molecule has 0 bridgehead atoms. The zero-order valence-electron chi connectivity index (χ0n) is 14.0.